The summed E-state index contributed by atoms with van der Waals surface area (Å²) in [4.78, 5) is 20.7. The van der Waals surface area contributed by atoms with Crippen LogP contribution in [0.4, 0.5) is 5.82 Å². The zero-order valence-corrected chi connectivity index (χ0v) is 16.5. The Morgan fingerprint density at radius 2 is 1.85 bits per heavy atom. The average Bonchev–Trinajstić information content (AvgIpc) is 2.70. The number of carbonyl (C=O) groups is 1. The molecule has 1 fully saturated rings. The number of rotatable bonds is 5. The van der Waals surface area contributed by atoms with E-state index in [1.807, 2.05) is 28.0 Å². The van der Waals surface area contributed by atoms with Crippen molar-refractivity contribution in [1.29, 1.82) is 0 Å². The van der Waals surface area contributed by atoms with E-state index in [9.17, 15) is 13.2 Å². The Morgan fingerprint density at radius 3 is 2.44 bits per heavy atom. The van der Waals surface area contributed by atoms with E-state index in [-0.39, 0.29) is 17.2 Å². The van der Waals surface area contributed by atoms with Crippen molar-refractivity contribution in [3.8, 4) is 0 Å². The molecule has 0 radical (unpaired) electrons. The first-order valence-corrected chi connectivity index (χ1v) is 10.4. The van der Waals surface area contributed by atoms with Gasteiger partial charge in [-0.3, -0.25) is 4.79 Å². The van der Waals surface area contributed by atoms with Crippen LogP contribution in [0.5, 0.6) is 0 Å². The molecule has 1 aliphatic rings. The molecule has 0 aliphatic carbocycles. The Balaban J connectivity index is 1.59. The number of carbonyl (C=O) groups excluding carboxylic acids is 1. The molecule has 1 aliphatic heterocycles. The van der Waals surface area contributed by atoms with E-state index < -0.39 is 10.0 Å². The van der Waals surface area contributed by atoms with E-state index >= 15 is 0 Å². The fourth-order valence-corrected chi connectivity index (χ4v) is 3.81. The molecule has 3 rings (SSSR count). The largest absolute Gasteiger partial charge is 0.353 e. The summed E-state index contributed by atoms with van der Waals surface area (Å²) in [6.07, 6.45) is 1.63. The minimum absolute atomic E-state index is 0.0474. The minimum atomic E-state index is -3.49. The summed E-state index contributed by atoms with van der Waals surface area (Å²) in [5.74, 6) is 0.745. The number of halogens is 1. The summed E-state index contributed by atoms with van der Waals surface area (Å²) in [6.45, 7) is 2.45. The summed E-state index contributed by atoms with van der Waals surface area (Å²) in [5, 5.41) is 0.602. The molecule has 2 aromatic rings. The molecular weight excluding hydrogens is 388 g/mol. The van der Waals surface area contributed by atoms with Crippen molar-refractivity contribution in [1.82, 2.24) is 14.6 Å². The van der Waals surface area contributed by atoms with Gasteiger partial charge in [0.15, 0.2) is 0 Å². The summed E-state index contributed by atoms with van der Waals surface area (Å²) in [6, 6.07) is 10.6. The predicted octanol–water partition coefficient (Wildman–Crippen LogP) is 1.53. The zero-order valence-electron chi connectivity index (χ0n) is 14.9. The molecule has 27 heavy (non-hydrogen) atoms. The van der Waals surface area contributed by atoms with Gasteiger partial charge in [-0.1, -0.05) is 29.8 Å². The molecular formula is C18H21ClN4O3S. The molecule has 7 nitrogen and oxygen atoms in total. The highest BCUT2D eigenvalue weighted by molar-refractivity contribution is 7.89. The van der Waals surface area contributed by atoms with Gasteiger partial charge in [0.2, 0.25) is 15.9 Å². The molecule has 1 N–H and O–H groups in total. The molecule has 1 aromatic heterocycles. The summed E-state index contributed by atoms with van der Waals surface area (Å²) >= 11 is 6.13. The first-order chi connectivity index (χ1) is 12.9. The lowest BCUT2D eigenvalue weighted by molar-refractivity contribution is -0.130. The third kappa shape index (κ3) is 4.58. The Hall–Kier alpha value is -2.16. The number of anilines is 1. The Kier molecular flexibility index (Phi) is 5.98. The van der Waals surface area contributed by atoms with E-state index in [0.29, 0.717) is 37.0 Å². The lowest BCUT2D eigenvalue weighted by Crippen LogP contribution is -2.49. The molecule has 144 valence electrons. The third-order valence-corrected chi connectivity index (χ3v) is 6.32. The van der Waals surface area contributed by atoms with Crippen LogP contribution >= 0.6 is 11.6 Å². The fourth-order valence-electron chi connectivity index (χ4n) is 2.94. The molecule has 0 unspecified atom stereocenters. The second-order valence-electron chi connectivity index (χ2n) is 6.20. The van der Waals surface area contributed by atoms with Crippen LogP contribution in [-0.4, -0.2) is 57.4 Å². The number of sulfonamides is 1. The lowest BCUT2D eigenvalue weighted by Gasteiger charge is -2.35. The number of aromatic nitrogens is 1. The van der Waals surface area contributed by atoms with Gasteiger partial charge in [-0.2, -0.15) is 0 Å². The maximum absolute atomic E-state index is 12.5. The van der Waals surface area contributed by atoms with Gasteiger partial charge in [0.25, 0.3) is 0 Å². The maximum atomic E-state index is 12.5. The van der Waals surface area contributed by atoms with Gasteiger partial charge >= 0.3 is 0 Å². The molecule has 0 atom stereocenters. The summed E-state index contributed by atoms with van der Waals surface area (Å²) in [7, 11) is -2.13. The normalized spacial score (nSPS) is 15.0. The molecule has 0 bridgehead atoms. The van der Waals surface area contributed by atoms with Crippen molar-refractivity contribution in [2.24, 2.45) is 0 Å². The van der Waals surface area contributed by atoms with Crippen molar-refractivity contribution in [3.63, 3.8) is 0 Å². The number of hydrogen-bond donors (Lipinski definition) is 1. The van der Waals surface area contributed by atoms with Gasteiger partial charge in [0.1, 0.15) is 10.7 Å². The Labute approximate surface area is 164 Å². The minimum Gasteiger partial charge on any atom is -0.353 e. The van der Waals surface area contributed by atoms with Crippen LogP contribution < -0.4 is 9.62 Å². The third-order valence-electron chi connectivity index (χ3n) is 4.56. The molecule has 1 amide bonds. The number of piperazine rings is 1. The van der Waals surface area contributed by atoms with Crippen molar-refractivity contribution in [2.45, 2.75) is 11.3 Å². The highest BCUT2D eigenvalue weighted by Gasteiger charge is 2.23. The van der Waals surface area contributed by atoms with Crippen LogP contribution in [0.1, 0.15) is 5.56 Å². The molecule has 2 heterocycles. The van der Waals surface area contributed by atoms with Crippen molar-refractivity contribution in [2.75, 3.05) is 38.1 Å². The quantitative estimate of drug-likeness (QED) is 0.811. The van der Waals surface area contributed by atoms with Gasteiger partial charge in [0, 0.05) is 37.4 Å². The van der Waals surface area contributed by atoms with Gasteiger partial charge in [0.05, 0.1) is 6.42 Å². The van der Waals surface area contributed by atoms with Gasteiger partial charge in [-0.25, -0.2) is 18.1 Å². The van der Waals surface area contributed by atoms with Crippen LogP contribution in [0.15, 0.2) is 47.5 Å². The molecule has 0 saturated carbocycles. The second kappa shape index (κ2) is 8.24. The fraction of sp³-hybridized carbons (Fsp3) is 0.333. The van der Waals surface area contributed by atoms with Crippen LogP contribution in [0, 0.1) is 0 Å². The number of amides is 1. The smallest absolute Gasteiger partial charge is 0.241 e. The van der Waals surface area contributed by atoms with E-state index in [1.54, 1.807) is 12.1 Å². The highest BCUT2D eigenvalue weighted by Crippen LogP contribution is 2.19. The predicted molar refractivity (Wildman–Crippen MR) is 104 cm³/mol. The molecule has 0 spiro atoms. The highest BCUT2D eigenvalue weighted by atomic mass is 35.5. The van der Waals surface area contributed by atoms with Crippen LogP contribution in [0.25, 0.3) is 0 Å². The zero-order chi connectivity index (χ0) is 19.4. The number of nitrogens with one attached hydrogen (secondary N) is 1. The monoisotopic (exact) mass is 408 g/mol. The van der Waals surface area contributed by atoms with Crippen LogP contribution in [-0.2, 0) is 21.2 Å². The molecule has 1 saturated heterocycles. The molecule has 9 heteroatoms. The Bertz CT molecular complexity index is 910. The van der Waals surface area contributed by atoms with Gasteiger partial charge < -0.3 is 9.80 Å². The average molecular weight is 409 g/mol. The first-order valence-electron chi connectivity index (χ1n) is 8.56. The second-order valence-corrected chi connectivity index (χ2v) is 8.49. The number of nitrogens with zero attached hydrogens (tertiary/aromatic N) is 3. The topological polar surface area (TPSA) is 82.6 Å². The van der Waals surface area contributed by atoms with E-state index in [0.717, 1.165) is 5.56 Å². The summed E-state index contributed by atoms with van der Waals surface area (Å²) < 4.78 is 25.8. The number of benzene rings is 1. The van der Waals surface area contributed by atoms with Crippen molar-refractivity contribution >= 4 is 33.3 Å². The van der Waals surface area contributed by atoms with Crippen LogP contribution in [0.3, 0.4) is 0 Å². The van der Waals surface area contributed by atoms with E-state index in [4.69, 9.17) is 11.6 Å². The van der Waals surface area contributed by atoms with E-state index in [2.05, 4.69) is 9.71 Å². The number of hydrogen-bond acceptors (Lipinski definition) is 5. The van der Waals surface area contributed by atoms with Gasteiger partial charge in [-0.15, -0.1) is 0 Å². The SMILES string of the molecule is CNS(=O)(=O)c1ccc(N2CCN(C(=O)Cc3ccccc3Cl)CC2)nc1. The number of pyridine rings is 1. The standard InChI is InChI=1S/C18H21ClN4O3S/c1-20-27(25,26)15-6-7-17(21-13-15)22-8-10-23(11-9-22)18(24)12-14-4-2-3-5-16(14)19/h2-7,13,20H,8-12H2,1H3. The molecule has 1 aromatic carbocycles. The van der Waals surface area contributed by atoms with Crippen molar-refractivity contribution in [3.05, 3.63) is 53.2 Å². The summed E-state index contributed by atoms with van der Waals surface area (Å²) in [5.41, 5.74) is 0.828. The maximum Gasteiger partial charge on any atom is 0.241 e. The van der Waals surface area contributed by atoms with Crippen LogP contribution in [0.2, 0.25) is 5.02 Å². The lowest BCUT2D eigenvalue weighted by atomic mass is 10.1. The first kappa shape index (κ1) is 19.6. The van der Waals surface area contributed by atoms with E-state index in [1.165, 1.54) is 19.3 Å². The van der Waals surface area contributed by atoms with Gasteiger partial charge in [-0.05, 0) is 30.8 Å². The Morgan fingerprint density at radius 1 is 1.15 bits per heavy atom. The van der Waals surface area contributed by atoms with Crippen molar-refractivity contribution < 1.29 is 13.2 Å².